The first-order valence-electron chi connectivity index (χ1n) is 12.4. The Labute approximate surface area is 227 Å². The van der Waals surface area contributed by atoms with E-state index >= 15 is 0 Å². The average molecular weight is 568 g/mol. The topological polar surface area (TPSA) is 63.2 Å². The van der Waals surface area contributed by atoms with E-state index in [9.17, 15) is 26.7 Å². The van der Waals surface area contributed by atoms with Crippen LogP contribution in [0.1, 0.15) is 54.5 Å². The van der Waals surface area contributed by atoms with Gasteiger partial charge in [0.2, 0.25) is 0 Å². The highest BCUT2D eigenvalue weighted by Crippen LogP contribution is 2.38. The summed E-state index contributed by atoms with van der Waals surface area (Å²) >= 11 is 6.04. The van der Waals surface area contributed by atoms with Crippen molar-refractivity contribution in [2.75, 3.05) is 6.61 Å². The van der Waals surface area contributed by atoms with Crippen molar-refractivity contribution in [3.05, 3.63) is 94.5 Å². The standard InChI is InChI=1S/C28H27ClF5N3O2/c29-19-10-11-23(35-15-19)25(37-27(38)36-21-8-4-5-9-21)24(17-6-2-1-3-7-17)18-12-20(30)14-22(13-18)39-16-28(33,34)26(31)32/h1-3,6-7,10-15,21,24-26H,4-5,8-9,16H2,(H2,36,37,38)/t24?,25-/m1/s1. The van der Waals surface area contributed by atoms with Gasteiger partial charge in [-0.05, 0) is 48.2 Å². The molecule has 2 amide bonds. The number of nitrogens with zero attached hydrogens (tertiary/aromatic N) is 1. The molecule has 2 N–H and O–H groups in total. The number of pyridine rings is 1. The van der Waals surface area contributed by atoms with E-state index in [1.165, 1.54) is 18.3 Å². The molecule has 1 aromatic heterocycles. The van der Waals surface area contributed by atoms with Crippen molar-refractivity contribution in [2.24, 2.45) is 0 Å². The number of hydrogen-bond acceptors (Lipinski definition) is 3. The summed E-state index contributed by atoms with van der Waals surface area (Å²) in [4.78, 5) is 17.5. The highest BCUT2D eigenvalue weighted by Gasteiger charge is 2.42. The molecule has 2 aromatic carbocycles. The van der Waals surface area contributed by atoms with E-state index in [1.807, 2.05) is 0 Å². The Bertz CT molecular complexity index is 1240. The Balaban J connectivity index is 1.74. The van der Waals surface area contributed by atoms with E-state index in [4.69, 9.17) is 16.3 Å². The zero-order valence-electron chi connectivity index (χ0n) is 20.7. The fraction of sp³-hybridized carbons (Fsp3) is 0.357. The predicted octanol–water partition coefficient (Wildman–Crippen LogP) is 7.27. The number of benzene rings is 2. The van der Waals surface area contributed by atoms with Crippen LogP contribution in [0.2, 0.25) is 5.02 Å². The second-order valence-corrected chi connectivity index (χ2v) is 9.87. The summed E-state index contributed by atoms with van der Waals surface area (Å²) in [5.74, 6) is -6.38. The molecule has 5 nitrogen and oxygen atoms in total. The van der Waals surface area contributed by atoms with E-state index < -0.39 is 42.8 Å². The highest BCUT2D eigenvalue weighted by atomic mass is 35.5. The van der Waals surface area contributed by atoms with E-state index in [0.717, 1.165) is 31.7 Å². The molecule has 0 bridgehead atoms. The summed E-state index contributed by atoms with van der Waals surface area (Å²) in [5, 5.41) is 6.28. The summed E-state index contributed by atoms with van der Waals surface area (Å²) in [5.41, 5.74) is 1.31. The van der Waals surface area contributed by atoms with Gasteiger partial charge in [0.1, 0.15) is 11.6 Å². The number of aromatic nitrogens is 1. The normalized spacial score (nSPS) is 15.7. The lowest BCUT2D eigenvalue weighted by Gasteiger charge is -2.30. The van der Waals surface area contributed by atoms with Crippen LogP contribution in [0.5, 0.6) is 5.75 Å². The lowest BCUT2D eigenvalue weighted by molar-refractivity contribution is -0.148. The molecule has 1 unspecified atom stereocenters. The maximum atomic E-state index is 14.8. The Hall–Kier alpha value is -3.40. The minimum atomic E-state index is -4.42. The van der Waals surface area contributed by atoms with E-state index in [0.29, 0.717) is 16.3 Å². The van der Waals surface area contributed by atoms with Crippen molar-refractivity contribution in [1.29, 1.82) is 0 Å². The van der Waals surface area contributed by atoms with Crippen LogP contribution in [-0.4, -0.2) is 36.0 Å². The summed E-state index contributed by atoms with van der Waals surface area (Å²) in [6.07, 6.45) is 1.20. The summed E-state index contributed by atoms with van der Waals surface area (Å²) in [7, 11) is 0. The molecule has 2 atom stereocenters. The van der Waals surface area contributed by atoms with Gasteiger partial charge in [0.05, 0.1) is 16.8 Å². The maximum Gasteiger partial charge on any atom is 0.340 e. The molecule has 11 heteroatoms. The largest absolute Gasteiger partial charge is 0.487 e. The second kappa shape index (κ2) is 12.6. The molecule has 1 heterocycles. The van der Waals surface area contributed by atoms with Gasteiger partial charge in [0, 0.05) is 24.2 Å². The third kappa shape index (κ3) is 7.59. The van der Waals surface area contributed by atoms with Gasteiger partial charge in [0.25, 0.3) is 0 Å². The number of carbonyl (C=O) groups is 1. The van der Waals surface area contributed by atoms with E-state index in [-0.39, 0.29) is 17.4 Å². The molecule has 1 saturated carbocycles. The first-order chi connectivity index (χ1) is 18.6. The van der Waals surface area contributed by atoms with Crippen molar-refractivity contribution < 1.29 is 31.5 Å². The fourth-order valence-corrected chi connectivity index (χ4v) is 4.78. The number of ether oxygens (including phenoxy) is 1. The third-order valence-electron chi connectivity index (χ3n) is 6.54. The molecule has 39 heavy (non-hydrogen) atoms. The molecule has 1 fully saturated rings. The van der Waals surface area contributed by atoms with Crippen LogP contribution in [0.15, 0.2) is 66.9 Å². The Morgan fingerprint density at radius 3 is 2.41 bits per heavy atom. The monoisotopic (exact) mass is 567 g/mol. The van der Waals surface area contributed by atoms with Gasteiger partial charge in [-0.3, -0.25) is 4.98 Å². The van der Waals surface area contributed by atoms with Crippen LogP contribution in [-0.2, 0) is 0 Å². The van der Waals surface area contributed by atoms with Gasteiger partial charge in [0.15, 0.2) is 6.61 Å². The number of rotatable bonds is 10. The van der Waals surface area contributed by atoms with Gasteiger partial charge in [-0.25, -0.2) is 18.0 Å². The van der Waals surface area contributed by atoms with E-state index in [2.05, 4.69) is 15.6 Å². The number of urea groups is 1. The molecule has 4 rings (SSSR count). The van der Waals surface area contributed by atoms with Crippen LogP contribution >= 0.6 is 11.6 Å². The van der Waals surface area contributed by atoms with Crippen LogP contribution in [0, 0.1) is 5.82 Å². The molecule has 0 spiro atoms. The second-order valence-electron chi connectivity index (χ2n) is 9.44. The molecule has 3 aromatic rings. The Morgan fingerprint density at radius 1 is 1.05 bits per heavy atom. The van der Waals surface area contributed by atoms with Gasteiger partial charge in [-0.15, -0.1) is 0 Å². The first-order valence-corrected chi connectivity index (χ1v) is 12.8. The Morgan fingerprint density at radius 2 is 1.77 bits per heavy atom. The lowest BCUT2D eigenvalue weighted by atomic mass is 9.83. The molecule has 0 saturated heterocycles. The lowest BCUT2D eigenvalue weighted by Crippen LogP contribution is -2.44. The van der Waals surface area contributed by atoms with Gasteiger partial charge in [-0.2, -0.15) is 8.78 Å². The smallest absolute Gasteiger partial charge is 0.340 e. The third-order valence-corrected chi connectivity index (χ3v) is 6.76. The van der Waals surface area contributed by atoms with Crippen molar-refractivity contribution in [1.82, 2.24) is 15.6 Å². The number of amides is 2. The maximum absolute atomic E-state index is 14.8. The van der Waals surface area contributed by atoms with E-state index in [1.54, 1.807) is 42.5 Å². The zero-order valence-corrected chi connectivity index (χ0v) is 21.5. The van der Waals surface area contributed by atoms with Gasteiger partial charge >= 0.3 is 18.4 Å². The summed E-state index contributed by atoms with van der Waals surface area (Å²) < 4.78 is 72.0. The molecule has 208 valence electrons. The summed E-state index contributed by atoms with van der Waals surface area (Å²) in [6.45, 7) is -1.63. The summed E-state index contributed by atoms with van der Waals surface area (Å²) in [6, 6.07) is 14.1. The van der Waals surface area contributed by atoms with Crippen LogP contribution in [0.25, 0.3) is 0 Å². The molecule has 1 aliphatic rings. The number of halogens is 6. The molecule has 0 aliphatic heterocycles. The van der Waals surface area contributed by atoms with Crippen molar-refractivity contribution >= 4 is 17.6 Å². The predicted molar refractivity (Wildman–Crippen MR) is 137 cm³/mol. The minimum Gasteiger partial charge on any atom is -0.487 e. The van der Waals surface area contributed by atoms with Crippen LogP contribution in [0.3, 0.4) is 0 Å². The Kier molecular flexibility index (Phi) is 9.27. The first kappa shape index (κ1) is 28.6. The molecular formula is C28H27ClF5N3O2. The van der Waals surface area contributed by atoms with Crippen LogP contribution in [0.4, 0.5) is 26.7 Å². The number of nitrogens with one attached hydrogen (secondary N) is 2. The van der Waals surface area contributed by atoms with Crippen molar-refractivity contribution in [2.45, 2.75) is 56.0 Å². The van der Waals surface area contributed by atoms with Crippen molar-refractivity contribution in [3.63, 3.8) is 0 Å². The quantitative estimate of drug-likeness (QED) is 0.253. The number of hydrogen-bond donors (Lipinski definition) is 2. The highest BCUT2D eigenvalue weighted by molar-refractivity contribution is 6.30. The average Bonchev–Trinajstić information content (AvgIpc) is 3.41. The van der Waals surface area contributed by atoms with Gasteiger partial charge < -0.3 is 15.4 Å². The minimum absolute atomic E-state index is 0.0182. The SMILES string of the molecule is O=C(NC1CCCC1)N[C@H](c1ccc(Cl)cn1)C(c1ccccc1)c1cc(F)cc(OCC(F)(F)C(F)F)c1. The van der Waals surface area contributed by atoms with Crippen molar-refractivity contribution in [3.8, 4) is 5.75 Å². The number of alkyl halides is 4. The molecule has 1 aliphatic carbocycles. The number of carbonyl (C=O) groups excluding carboxylic acids is 1. The van der Waals surface area contributed by atoms with Gasteiger partial charge in [-0.1, -0.05) is 54.8 Å². The fourth-order valence-electron chi connectivity index (χ4n) is 4.67. The zero-order chi connectivity index (χ0) is 28.0. The molecule has 0 radical (unpaired) electrons. The molecular weight excluding hydrogens is 541 g/mol. The van der Waals surface area contributed by atoms with Crippen LogP contribution < -0.4 is 15.4 Å².